The molecule has 0 saturated carbocycles. The van der Waals surface area contributed by atoms with Gasteiger partial charge in [-0.15, -0.1) is 0 Å². The fraction of sp³-hybridized carbons (Fsp3) is 0.125. The molecule has 22 heavy (non-hydrogen) atoms. The quantitative estimate of drug-likeness (QED) is 0.752. The van der Waals surface area contributed by atoms with Crippen LogP contribution in [0.15, 0.2) is 48.5 Å². The summed E-state index contributed by atoms with van der Waals surface area (Å²) in [7, 11) is 0. The molecule has 0 heterocycles. The van der Waals surface area contributed by atoms with Crippen LogP contribution in [-0.4, -0.2) is 23.5 Å². The summed E-state index contributed by atoms with van der Waals surface area (Å²) in [6.45, 7) is 2.34. The number of carbonyl (C=O) groups excluding carboxylic acids is 2. The van der Waals surface area contributed by atoms with E-state index in [0.717, 1.165) is 0 Å². The molecule has 0 aliphatic rings. The first-order valence-electron chi connectivity index (χ1n) is 6.73. The number of amides is 2. The van der Waals surface area contributed by atoms with Crippen molar-refractivity contribution in [2.45, 2.75) is 6.92 Å². The summed E-state index contributed by atoms with van der Waals surface area (Å²) in [6.07, 6.45) is 0. The molecule has 0 fully saturated rings. The predicted octanol–water partition coefficient (Wildman–Crippen LogP) is 1.87. The van der Waals surface area contributed by atoms with Crippen molar-refractivity contribution in [3.05, 3.63) is 59.7 Å². The standard InChI is InChI=1S/C16H16N2O4/c1-2-22-12-7-5-6-11(10-12)15(20)17-18-16(21)13-8-3-4-9-14(13)19/h3-10,19H,2H2,1H3,(H,17,20)(H,18,21). The number of nitrogens with one attached hydrogen (secondary N) is 2. The third-order valence-corrected chi connectivity index (χ3v) is 2.85. The van der Waals surface area contributed by atoms with Crippen LogP contribution in [0, 0.1) is 0 Å². The van der Waals surface area contributed by atoms with E-state index in [9.17, 15) is 14.7 Å². The molecule has 0 atom stereocenters. The Hall–Kier alpha value is -3.02. The molecule has 2 aromatic carbocycles. The molecule has 2 amide bonds. The molecule has 0 bridgehead atoms. The number of aromatic hydroxyl groups is 1. The lowest BCUT2D eigenvalue weighted by atomic mass is 10.2. The van der Waals surface area contributed by atoms with E-state index in [0.29, 0.717) is 17.9 Å². The normalized spacial score (nSPS) is 9.86. The van der Waals surface area contributed by atoms with E-state index in [1.165, 1.54) is 12.1 Å². The van der Waals surface area contributed by atoms with Gasteiger partial charge in [-0.25, -0.2) is 0 Å². The summed E-state index contributed by atoms with van der Waals surface area (Å²) in [5.41, 5.74) is 4.96. The third-order valence-electron chi connectivity index (χ3n) is 2.85. The van der Waals surface area contributed by atoms with Crippen molar-refractivity contribution in [2.24, 2.45) is 0 Å². The molecular weight excluding hydrogens is 284 g/mol. The van der Waals surface area contributed by atoms with E-state index in [-0.39, 0.29) is 11.3 Å². The number of phenolic OH excluding ortho intramolecular Hbond substituents is 1. The summed E-state index contributed by atoms with van der Waals surface area (Å²) in [5.74, 6) is -0.674. The SMILES string of the molecule is CCOc1cccc(C(=O)NNC(=O)c2ccccc2O)c1. The smallest absolute Gasteiger partial charge is 0.273 e. The third kappa shape index (κ3) is 3.76. The van der Waals surface area contributed by atoms with E-state index in [4.69, 9.17) is 4.74 Å². The second kappa shape index (κ2) is 7.12. The molecule has 2 rings (SSSR count). The zero-order chi connectivity index (χ0) is 15.9. The van der Waals surface area contributed by atoms with Crippen LogP contribution in [0.25, 0.3) is 0 Å². The van der Waals surface area contributed by atoms with Gasteiger partial charge in [0.15, 0.2) is 0 Å². The van der Waals surface area contributed by atoms with E-state index in [1.807, 2.05) is 6.92 Å². The zero-order valence-corrected chi connectivity index (χ0v) is 12.0. The minimum absolute atomic E-state index is 0.0749. The van der Waals surface area contributed by atoms with E-state index in [1.54, 1.807) is 36.4 Å². The Morgan fingerprint density at radius 1 is 1.05 bits per heavy atom. The maximum Gasteiger partial charge on any atom is 0.273 e. The fourth-order valence-electron chi connectivity index (χ4n) is 1.81. The van der Waals surface area contributed by atoms with E-state index < -0.39 is 11.8 Å². The zero-order valence-electron chi connectivity index (χ0n) is 12.0. The van der Waals surface area contributed by atoms with Crippen molar-refractivity contribution in [3.63, 3.8) is 0 Å². The molecule has 0 aliphatic carbocycles. The van der Waals surface area contributed by atoms with Crippen molar-refractivity contribution >= 4 is 11.8 Å². The Bertz CT molecular complexity index is 685. The summed E-state index contributed by atoms with van der Waals surface area (Å²) in [4.78, 5) is 23.8. The minimum atomic E-state index is -0.604. The maximum atomic E-state index is 12.0. The molecule has 0 aromatic heterocycles. The largest absolute Gasteiger partial charge is 0.507 e. The van der Waals surface area contributed by atoms with Gasteiger partial charge in [0.25, 0.3) is 11.8 Å². The number of hydrogen-bond donors (Lipinski definition) is 3. The highest BCUT2D eigenvalue weighted by molar-refractivity contribution is 6.00. The number of carbonyl (C=O) groups is 2. The van der Waals surface area contributed by atoms with Crippen LogP contribution in [0.3, 0.4) is 0 Å². The highest BCUT2D eigenvalue weighted by atomic mass is 16.5. The van der Waals surface area contributed by atoms with Gasteiger partial charge >= 0.3 is 0 Å². The molecule has 6 nitrogen and oxygen atoms in total. The van der Waals surface area contributed by atoms with E-state index >= 15 is 0 Å². The number of hydrazine groups is 1. The number of ether oxygens (including phenoxy) is 1. The van der Waals surface area contributed by atoms with Crippen LogP contribution in [-0.2, 0) is 0 Å². The van der Waals surface area contributed by atoms with Crippen LogP contribution >= 0.6 is 0 Å². The number of phenols is 1. The van der Waals surface area contributed by atoms with Gasteiger partial charge in [0.1, 0.15) is 11.5 Å². The van der Waals surface area contributed by atoms with Crippen LogP contribution in [0.5, 0.6) is 11.5 Å². The summed E-state index contributed by atoms with van der Waals surface area (Å²) in [5, 5.41) is 9.57. The number of hydrogen-bond acceptors (Lipinski definition) is 4. The molecule has 6 heteroatoms. The van der Waals surface area contributed by atoms with Gasteiger partial charge in [0.2, 0.25) is 0 Å². The first-order valence-corrected chi connectivity index (χ1v) is 6.73. The van der Waals surface area contributed by atoms with Gasteiger partial charge in [-0.05, 0) is 37.3 Å². The van der Waals surface area contributed by atoms with Gasteiger partial charge in [-0.1, -0.05) is 18.2 Å². The second-order valence-corrected chi connectivity index (χ2v) is 4.39. The lowest BCUT2D eigenvalue weighted by molar-refractivity contribution is 0.0845. The van der Waals surface area contributed by atoms with Gasteiger partial charge in [-0.3, -0.25) is 20.4 Å². The molecule has 0 radical (unpaired) electrons. The number of benzene rings is 2. The lowest BCUT2D eigenvalue weighted by Crippen LogP contribution is -2.41. The molecule has 3 N–H and O–H groups in total. The van der Waals surface area contributed by atoms with Gasteiger partial charge < -0.3 is 9.84 Å². The van der Waals surface area contributed by atoms with Crippen LogP contribution in [0.2, 0.25) is 0 Å². The second-order valence-electron chi connectivity index (χ2n) is 4.39. The van der Waals surface area contributed by atoms with Crippen molar-refractivity contribution in [1.29, 1.82) is 0 Å². The average molecular weight is 300 g/mol. The number of rotatable bonds is 4. The van der Waals surface area contributed by atoms with Crippen molar-refractivity contribution in [1.82, 2.24) is 10.9 Å². The van der Waals surface area contributed by atoms with Gasteiger partial charge in [-0.2, -0.15) is 0 Å². The van der Waals surface area contributed by atoms with Crippen LogP contribution < -0.4 is 15.6 Å². The maximum absolute atomic E-state index is 12.0. The summed E-state index contributed by atoms with van der Waals surface area (Å²) >= 11 is 0. The fourth-order valence-corrected chi connectivity index (χ4v) is 1.81. The Morgan fingerprint density at radius 2 is 1.77 bits per heavy atom. The van der Waals surface area contributed by atoms with Crippen LogP contribution in [0.4, 0.5) is 0 Å². The molecule has 0 aliphatic heterocycles. The van der Waals surface area contributed by atoms with E-state index in [2.05, 4.69) is 10.9 Å². The summed E-state index contributed by atoms with van der Waals surface area (Å²) < 4.78 is 5.31. The Labute approximate surface area is 127 Å². The van der Waals surface area contributed by atoms with Gasteiger partial charge in [0, 0.05) is 5.56 Å². The summed E-state index contributed by atoms with van der Waals surface area (Å²) in [6, 6.07) is 12.7. The highest BCUT2D eigenvalue weighted by Gasteiger charge is 2.12. The molecule has 0 unspecified atom stereocenters. The predicted molar refractivity (Wildman–Crippen MR) is 80.7 cm³/mol. The first kappa shape index (κ1) is 15.4. The molecule has 2 aromatic rings. The first-order chi connectivity index (χ1) is 10.6. The van der Waals surface area contributed by atoms with Crippen LogP contribution in [0.1, 0.15) is 27.6 Å². The van der Waals surface area contributed by atoms with Gasteiger partial charge in [0.05, 0.1) is 12.2 Å². The highest BCUT2D eigenvalue weighted by Crippen LogP contribution is 2.15. The molecule has 114 valence electrons. The Balaban J connectivity index is 1.99. The van der Waals surface area contributed by atoms with Crippen molar-refractivity contribution in [2.75, 3.05) is 6.61 Å². The lowest BCUT2D eigenvalue weighted by Gasteiger charge is -2.09. The topological polar surface area (TPSA) is 87.7 Å². The molecule has 0 spiro atoms. The monoisotopic (exact) mass is 300 g/mol. The van der Waals surface area contributed by atoms with Crippen molar-refractivity contribution < 1.29 is 19.4 Å². The minimum Gasteiger partial charge on any atom is -0.507 e. The Kier molecular flexibility index (Phi) is 4.98. The molecule has 0 saturated heterocycles. The number of para-hydroxylation sites is 1. The average Bonchev–Trinajstić information content (AvgIpc) is 2.53. The van der Waals surface area contributed by atoms with Crippen molar-refractivity contribution in [3.8, 4) is 11.5 Å². The Morgan fingerprint density at radius 3 is 2.50 bits per heavy atom. The molecular formula is C16H16N2O4.